The number of nitrogens with one attached hydrogen (secondary N) is 1. The molecule has 0 amide bonds. The summed E-state index contributed by atoms with van der Waals surface area (Å²) in [4.78, 5) is 12.7. The lowest BCUT2D eigenvalue weighted by atomic mass is 10.1. The second-order valence-corrected chi connectivity index (χ2v) is 5.12. The molecule has 0 aromatic heterocycles. The maximum Gasteiger partial charge on any atom is 0.314 e. The third-order valence-corrected chi connectivity index (χ3v) is 3.68. The Kier molecular flexibility index (Phi) is 5.35. The summed E-state index contributed by atoms with van der Waals surface area (Å²) in [6.45, 7) is 5.08. The predicted molar refractivity (Wildman–Crippen MR) is 78.9 cm³/mol. The van der Waals surface area contributed by atoms with Crippen LogP contribution in [-0.4, -0.2) is 54.8 Å². The second-order valence-electron chi connectivity index (χ2n) is 5.12. The van der Waals surface area contributed by atoms with Gasteiger partial charge >= 0.3 is 5.69 Å². The van der Waals surface area contributed by atoms with Crippen molar-refractivity contribution in [1.29, 1.82) is 0 Å². The molecule has 1 aromatic carbocycles. The molecule has 7 heteroatoms. The number of phenolic OH excluding ortho intramolecular Hbond substituents is 1. The van der Waals surface area contributed by atoms with E-state index in [1.807, 2.05) is 0 Å². The zero-order valence-corrected chi connectivity index (χ0v) is 12.2. The largest absolute Gasteiger partial charge is 0.500 e. The zero-order valence-electron chi connectivity index (χ0n) is 12.2. The molecule has 21 heavy (non-hydrogen) atoms. The molecule has 1 saturated heterocycles. The molecule has 0 atom stereocenters. The van der Waals surface area contributed by atoms with E-state index in [1.54, 1.807) is 6.07 Å². The van der Waals surface area contributed by atoms with Gasteiger partial charge in [-0.15, -0.1) is 0 Å². The Morgan fingerprint density at radius 3 is 2.76 bits per heavy atom. The number of methoxy groups -OCH3 is 1. The van der Waals surface area contributed by atoms with Crippen molar-refractivity contribution in [2.75, 3.05) is 39.8 Å². The predicted octanol–water partition coefficient (Wildman–Crippen LogP) is 1.15. The fourth-order valence-corrected chi connectivity index (χ4v) is 2.53. The van der Waals surface area contributed by atoms with Gasteiger partial charge in [0, 0.05) is 32.2 Å². The van der Waals surface area contributed by atoms with E-state index in [1.165, 1.54) is 13.2 Å². The molecule has 1 aliphatic rings. The highest BCUT2D eigenvalue weighted by Gasteiger charge is 2.19. The molecule has 0 spiro atoms. The van der Waals surface area contributed by atoms with Crippen molar-refractivity contribution in [2.45, 2.75) is 12.8 Å². The van der Waals surface area contributed by atoms with Crippen LogP contribution < -0.4 is 10.1 Å². The first-order valence-electron chi connectivity index (χ1n) is 7.09. The van der Waals surface area contributed by atoms with Gasteiger partial charge in [0.25, 0.3) is 0 Å². The first-order valence-corrected chi connectivity index (χ1v) is 7.09. The van der Waals surface area contributed by atoms with Crippen molar-refractivity contribution in [3.05, 3.63) is 27.8 Å². The molecule has 0 saturated carbocycles. The fourth-order valence-electron chi connectivity index (χ4n) is 2.53. The molecule has 1 heterocycles. The van der Waals surface area contributed by atoms with Gasteiger partial charge in [0.2, 0.25) is 5.75 Å². The highest BCUT2D eigenvalue weighted by molar-refractivity contribution is 5.57. The van der Waals surface area contributed by atoms with Crippen LogP contribution in [0.2, 0.25) is 0 Å². The summed E-state index contributed by atoms with van der Waals surface area (Å²) >= 11 is 0. The Morgan fingerprint density at radius 1 is 1.43 bits per heavy atom. The molecular formula is C14H21N3O4. The minimum absolute atomic E-state index is 0.154. The van der Waals surface area contributed by atoms with E-state index < -0.39 is 10.7 Å². The van der Waals surface area contributed by atoms with Gasteiger partial charge in [0.05, 0.1) is 12.0 Å². The van der Waals surface area contributed by atoms with Gasteiger partial charge in [-0.3, -0.25) is 10.1 Å². The maximum atomic E-state index is 10.9. The Morgan fingerprint density at radius 2 is 2.14 bits per heavy atom. The Bertz CT molecular complexity index is 501. The van der Waals surface area contributed by atoms with Crippen LogP contribution in [0.4, 0.5) is 5.69 Å². The number of hydrogen-bond acceptors (Lipinski definition) is 6. The van der Waals surface area contributed by atoms with Crippen molar-refractivity contribution < 1.29 is 14.8 Å². The van der Waals surface area contributed by atoms with Gasteiger partial charge in [0.1, 0.15) is 0 Å². The number of aryl methyl sites for hydroxylation is 1. The van der Waals surface area contributed by atoms with E-state index in [0.29, 0.717) is 0 Å². The number of aromatic hydroxyl groups is 1. The van der Waals surface area contributed by atoms with Crippen LogP contribution in [0.25, 0.3) is 0 Å². The maximum absolute atomic E-state index is 10.9. The average molecular weight is 295 g/mol. The number of nitro groups is 1. The molecule has 1 fully saturated rings. The molecule has 1 aliphatic heterocycles. The summed E-state index contributed by atoms with van der Waals surface area (Å²) < 4.78 is 5.00. The molecule has 0 unspecified atom stereocenters. The monoisotopic (exact) mass is 295 g/mol. The number of phenols is 1. The first-order chi connectivity index (χ1) is 10.1. The van der Waals surface area contributed by atoms with Crippen molar-refractivity contribution in [3.8, 4) is 11.5 Å². The Balaban J connectivity index is 1.98. The lowest BCUT2D eigenvalue weighted by Gasteiger charge is -2.27. The third-order valence-electron chi connectivity index (χ3n) is 3.68. The number of nitro benzene ring substituents is 1. The number of piperazine rings is 1. The van der Waals surface area contributed by atoms with Crippen LogP contribution in [-0.2, 0) is 6.42 Å². The van der Waals surface area contributed by atoms with Crippen LogP contribution >= 0.6 is 0 Å². The van der Waals surface area contributed by atoms with Crippen LogP contribution in [0, 0.1) is 10.1 Å². The third kappa shape index (κ3) is 4.05. The van der Waals surface area contributed by atoms with Gasteiger partial charge in [-0.1, -0.05) is 0 Å². The van der Waals surface area contributed by atoms with Crippen LogP contribution in [0.15, 0.2) is 12.1 Å². The van der Waals surface area contributed by atoms with Crippen molar-refractivity contribution >= 4 is 5.69 Å². The molecule has 0 radical (unpaired) electrons. The highest BCUT2D eigenvalue weighted by atomic mass is 16.6. The Labute approximate surface area is 123 Å². The molecular weight excluding hydrogens is 274 g/mol. The fraction of sp³-hybridized carbons (Fsp3) is 0.571. The smallest absolute Gasteiger partial charge is 0.314 e. The standard InChI is InChI=1S/C14H21N3O4/c1-21-13-10-11(9-12(14(13)18)17(19)20)3-2-6-16-7-4-15-5-8-16/h9-10,15,18H,2-8H2,1H3. The van der Waals surface area contributed by atoms with Crippen molar-refractivity contribution in [1.82, 2.24) is 10.2 Å². The summed E-state index contributed by atoms with van der Waals surface area (Å²) in [6.07, 6.45) is 1.65. The van der Waals surface area contributed by atoms with Gasteiger partial charge in [-0.05, 0) is 31.0 Å². The van der Waals surface area contributed by atoms with E-state index in [0.717, 1.165) is 51.1 Å². The van der Waals surface area contributed by atoms with E-state index >= 15 is 0 Å². The second kappa shape index (κ2) is 7.24. The highest BCUT2D eigenvalue weighted by Crippen LogP contribution is 2.37. The van der Waals surface area contributed by atoms with Gasteiger partial charge in [-0.2, -0.15) is 0 Å². The van der Waals surface area contributed by atoms with Gasteiger partial charge < -0.3 is 20.1 Å². The summed E-state index contributed by atoms with van der Waals surface area (Å²) in [6, 6.07) is 3.09. The van der Waals surface area contributed by atoms with Crippen LogP contribution in [0.5, 0.6) is 11.5 Å². The summed E-state index contributed by atoms with van der Waals surface area (Å²) in [5.41, 5.74) is 0.512. The average Bonchev–Trinajstić information content (AvgIpc) is 2.49. The first kappa shape index (κ1) is 15.5. The summed E-state index contributed by atoms with van der Waals surface area (Å²) in [7, 11) is 1.39. The van der Waals surface area contributed by atoms with Crippen molar-refractivity contribution in [3.63, 3.8) is 0 Å². The number of nitrogens with zero attached hydrogens (tertiary/aromatic N) is 2. The zero-order chi connectivity index (χ0) is 15.2. The summed E-state index contributed by atoms with van der Waals surface area (Å²) in [5.74, 6) is -0.255. The van der Waals surface area contributed by atoms with E-state index in [9.17, 15) is 15.2 Å². The Hall–Kier alpha value is -1.86. The van der Waals surface area contributed by atoms with E-state index in [4.69, 9.17) is 4.74 Å². The number of ether oxygens (including phenoxy) is 1. The number of rotatable bonds is 6. The minimum Gasteiger partial charge on any atom is -0.500 e. The molecule has 0 bridgehead atoms. The molecule has 1 aromatic rings. The molecule has 0 aliphatic carbocycles. The quantitative estimate of drug-likeness (QED) is 0.604. The van der Waals surface area contributed by atoms with Gasteiger partial charge in [-0.25, -0.2) is 0 Å². The topological polar surface area (TPSA) is 87.9 Å². The lowest BCUT2D eigenvalue weighted by molar-refractivity contribution is -0.386. The van der Waals surface area contributed by atoms with Crippen LogP contribution in [0.3, 0.4) is 0 Å². The normalized spacial score (nSPS) is 15.9. The van der Waals surface area contributed by atoms with Gasteiger partial charge in [0.15, 0.2) is 5.75 Å². The van der Waals surface area contributed by atoms with Crippen molar-refractivity contribution in [2.24, 2.45) is 0 Å². The number of hydrogen-bond donors (Lipinski definition) is 2. The lowest BCUT2D eigenvalue weighted by Crippen LogP contribution is -2.43. The van der Waals surface area contributed by atoms with E-state index in [2.05, 4.69) is 10.2 Å². The molecule has 116 valence electrons. The van der Waals surface area contributed by atoms with E-state index in [-0.39, 0.29) is 11.4 Å². The summed E-state index contributed by atoms with van der Waals surface area (Å²) in [5, 5.41) is 24.0. The molecule has 2 N–H and O–H groups in total. The molecule has 7 nitrogen and oxygen atoms in total. The number of benzene rings is 1. The molecule has 2 rings (SSSR count). The minimum atomic E-state index is -0.586. The van der Waals surface area contributed by atoms with Crippen LogP contribution in [0.1, 0.15) is 12.0 Å². The SMILES string of the molecule is COc1cc(CCCN2CCNCC2)cc([N+](=O)[O-])c1O.